The lowest BCUT2D eigenvalue weighted by molar-refractivity contribution is -0.384. The van der Waals surface area contributed by atoms with Crippen LogP contribution < -0.4 is 10.1 Å². The molecule has 3 aromatic carbocycles. The van der Waals surface area contributed by atoms with Crippen LogP contribution in [0.4, 0.5) is 15.8 Å². The number of halogens is 2. The Morgan fingerprint density at radius 3 is 2.56 bits per heavy atom. The van der Waals surface area contributed by atoms with Crippen LogP contribution in [0.1, 0.15) is 11.1 Å². The Bertz CT molecular complexity index is 1240. The first-order valence-electron chi connectivity index (χ1n) is 9.20. The summed E-state index contributed by atoms with van der Waals surface area (Å²) in [5, 5.41) is 23.2. The molecular weight excluding hydrogens is 437 g/mol. The molecule has 0 aliphatic carbocycles. The number of ether oxygens (including phenoxy) is 1. The van der Waals surface area contributed by atoms with Crippen LogP contribution in [0.2, 0.25) is 5.02 Å². The van der Waals surface area contributed by atoms with Gasteiger partial charge in [0, 0.05) is 22.7 Å². The van der Waals surface area contributed by atoms with Crippen LogP contribution in [0.15, 0.2) is 66.7 Å². The second-order valence-corrected chi connectivity index (χ2v) is 6.91. The molecule has 32 heavy (non-hydrogen) atoms. The first-order chi connectivity index (χ1) is 15.4. The third-order valence-electron chi connectivity index (χ3n) is 4.29. The van der Waals surface area contributed by atoms with E-state index < -0.39 is 23.3 Å². The molecule has 9 heteroatoms. The van der Waals surface area contributed by atoms with E-state index >= 15 is 0 Å². The summed E-state index contributed by atoms with van der Waals surface area (Å²) in [6, 6.07) is 17.9. The molecule has 0 bridgehead atoms. The van der Waals surface area contributed by atoms with Crippen molar-refractivity contribution in [3.05, 3.63) is 98.8 Å². The van der Waals surface area contributed by atoms with Crippen molar-refractivity contribution in [2.45, 2.75) is 0 Å². The number of nitro groups is 1. The molecule has 0 aliphatic heterocycles. The largest absolute Gasteiger partial charge is 0.483 e. The number of nitrogens with one attached hydrogen (secondary N) is 1. The van der Waals surface area contributed by atoms with Gasteiger partial charge in [0.15, 0.2) is 6.61 Å². The first kappa shape index (κ1) is 22.5. The van der Waals surface area contributed by atoms with E-state index in [9.17, 15) is 24.6 Å². The molecule has 7 nitrogen and oxygen atoms in total. The Morgan fingerprint density at radius 1 is 1.19 bits per heavy atom. The summed E-state index contributed by atoms with van der Waals surface area (Å²) in [6.07, 6.45) is 1.50. The second-order valence-electron chi connectivity index (χ2n) is 6.47. The highest BCUT2D eigenvalue weighted by Gasteiger charge is 2.12. The van der Waals surface area contributed by atoms with Gasteiger partial charge in [-0.1, -0.05) is 23.7 Å². The van der Waals surface area contributed by atoms with Crippen molar-refractivity contribution in [2.75, 3.05) is 11.9 Å². The number of para-hydroxylation sites is 1. The van der Waals surface area contributed by atoms with Gasteiger partial charge >= 0.3 is 0 Å². The highest BCUT2D eigenvalue weighted by molar-refractivity contribution is 6.30. The summed E-state index contributed by atoms with van der Waals surface area (Å²) < 4.78 is 19.3. The first-order valence-corrected chi connectivity index (χ1v) is 9.58. The van der Waals surface area contributed by atoms with Crippen molar-refractivity contribution in [3.63, 3.8) is 0 Å². The number of nitrogens with zero attached hydrogens (tertiary/aromatic N) is 2. The van der Waals surface area contributed by atoms with Gasteiger partial charge in [-0.2, -0.15) is 5.26 Å². The topological polar surface area (TPSA) is 105 Å². The molecule has 0 fully saturated rings. The number of carbonyl (C=O) groups excluding carboxylic acids is 1. The molecule has 1 N–H and O–H groups in total. The molecule has 0 spiro atoms. The maximum absolute atomic E-state index is 13.7. The zero-order chi connectivity index (χ0) is 23.1. The van der Waals surface area contributed by atoms with Crippen LogP contribution >= 0.6 is 11.6 Å². The Morgan fingerprint density at radius 2 is 1.91 bits per heavy atom. The van der Waals surface area contributed by atoms with Crippen LogP contribution in [0, 0.1) is 27.3 Å². The number of amides is 1. The summed E-state index contributed by atoms with van der Waals surface area (Å²) in [6.45, 7) is -0.407. The normalized spacial score (nSPS) is 10.8. The maximum atomic E-state index is 13.7. The highest BCUT2D eigenvalue weighted by atomic mass is 35.5. The monoisotopic (exact) mass is 451 g/mol. The predicted molar refractivity (Wildman–Crippen MR) is 119 cm³/mol. The van der Waals surface area contributed by atoms with Crippen molar-refractivity contribution in [1.29, 1.82) is 5.26 Å². The fraction of sp³-hybridized carbons (Fsp3) is 0.0435. The quantitative estimate of drug-likeness (QED) is 0.222. The third kappa shape index (κ3) is 5.68. The SMILES string of the molecule is N#C/C(=C\c1cc(Cl)ccc1OCC(=O)Nc1ccccc1F)c1ccc([N+](=O)[O-])cc1. The van der Waals surface area contributed by atoms with E-state index in [0.29, 0.717) is 16.1 Å². The zero-order valence-corrected chi connectivity index (χ0v) is 17.2. The van der Waals surface area contributed by atoms with E-state index in [2.05, 4.69) is 5.32 Å². The number of benzene rings is 3. The number of anilines is 1. The van der Waals surface area contributed by atoms with Crippen molar-refractivity contribution < 1.29 is 18.8 Å². The number of hydrogen-bond donors (Lipinski definition) is 1. The summed E-state index contributed by atoms with van der Waals surface area (Å²) in [5.74, 6) is -0.874. The molecule has 0 saturated heterocycles. The molecule has 160 valence electrons. The van der Waals surface area contributed by atoms with Crippen molar-refractivity contribution in [1.82, 2.24) is 0 Å². The van der Waals surface area contributed by atoms with Crippen LogP contribution in [0.25, 0.3) is 11.6 Å². The van der Waals surface area contributed by atoms with E-state index in [1.807, 2.05) is 6.07 Å². The molecule has 0 radical (unpaired) electrons. The van der Waals surface area contributed by atoms with E-state index in [-0.39, 0.29) is 22.7 Å². The van der Waals surface area contributed by atoms with Gasteiger partial charge in [0.1, 0.15) is 11.6 Å². The summed E-state index contributed by atoms with van der Waals surface area (Å²) >= 11 is 6.07. The van der Waals surface area contributed by atoms with Gasteiger partial charge in [0.25, 0.3) is 11.6 Å². The predicted octanol–water partition coefficient (Wildman–Crippen LogP) is 5.47. The Hall–Kier alpha value is -4.22. The van der Waals surface area contributed by atoms with Crippen LogP contribution in [-0.4, -0.2) is 17.4 Å². The number of carbonyl (C=O) groups is 1. The number of non-ortho nitro benzene ring substituents is 1. The lowest BCUT2D eigenvalue weighted by Crippen LogP contribution is -2.21. The molecule has 0 atom stereocenters. The van der Waals surface area contributed by atoms with Gasteiger partial charge < -0.3 is 10.1 Å². The molecule has 0 saturated carbocycles. The lowest BCUT2D eigenvalue weighted by Gasteiger charge is -2.11. The fourth-order valence-corrected chi connectivity index (χ4v) is 2.93. The molecular formula is C23H15ClFN3O4. The molecule has 0 aliphatic rings. The Kier molecular flexibility index (Phi) is 7.16. The molecule has 3 aromatic rings. The molecule has 0 aromatic heterocycles. The van der Waals surface area contributed by atoms with Crippen LogP contribution in [-0.2, 0) is 4.79 Å². The van der Waals surface area contributed by atoms with Gasteiger partial charge in [-0.25, -0.2) is 4.39 Å². The third-order valence-corrected chi connectivity index (χ3v) is 4.52. The molecule has 0 unspecified atom stereocenters. The van der Waals surface area contributed by atoms with Gasteiger partial charge in [-0.3, -0.25) is 14.9 Å². The van der Waals surface area contributed by atoms with Crippen LogP contribution in [0.5, 0.6) is 5.75 Å². The number of allylic oxidation sites excluding steroid dienone is 1. The molecule has 3 rings (SSSR count). The minimum Gasteiger partial charge on any atom is -0.483 e. The zero-order valence-electron chi connectivity index (χ0n) is 16.4. The molecule has 1 amide bonds. The summed E-state index contributed by atoms with van der Waals surface area (Å²) in [7, 11) is 0. The minimum atomic E-state index is -0.573. The number of rotatable bonds is 7. The fourth-order valence-electron chi connectivity index (χ4n) is 2.75. The minimum absolute atomic E-state index is 0.0299. The lowest BCUT2D eigenvalue weighted by atomic mass is 10.0. The van der Waals surface area contributed by atoms with Gasteiger partial charge in [0.05, 0.1) is 22.3 Å². The molecule has 0 heterocycles. The van der Waals surface area contributed by atoms with Crippen molar-refractivity contribution >= 4 is 40.5 Å². The average Bonchev–Trinajstić information content (AvgIpc) is 2.78. The summed E-state index contributed by atoms with van der Waals surface area (Å²) in [4.78, 5) is 22.4. The van der Waals surface area contributed by atoms with Gasteiger partial charge in [-0.15, -0.1) is 0 Å². The summed E-state index contributed by atoms with van der Waals surface area (Å²) in [5.41, 5.74) is 1.02. The van der Waals surface area contributed by atoms with Crippen molar-refractivity contribution in [2.24, 2.45) is 0 Å². The van der Waals surface area contributed by atoms with Gasteiger partial charge in [-0.05, 0) is 54.1 Å². The standard InChI is InChI=1S/C23H15ClFN3O4/c24-18-7-10-22(32-14-23(29)27-21-4-2-1-3-20(21)25)16(12-18)11-17(13-26)15-5-8-19(9-6-15)28(30)31/h1-12H,14H2,(H,27,29)/b17-11+. The van der Waals surface area contributed by atoms with Crippen molar-refractivity contribution in [3.8, 4) is 11.8 Å². The Labute approximate surface area is 187 Å². The highest BCUT2D eigenvalue weighted by Crippen LogP contribution is 2.28. The van der Waals surface area contributed by atoms with E-state index in [0.717, 1.165) is 0 Å². The van der Waals surface area contributed by atoms with E-state index in [1.165, 1.54) is 54.6 Å². The van der Waals surface area contributed by atoms with Gasteiger partial charge in [0.2, 0.25) is 0 Å². The smallest absolute Gasteiger partial charge is 0.269 e. The Balaban J connectivity index is 1.80. The average molecular weight is 452 g/mol. The van der Waals surface area contributed by atoms with Crippen LogP contribution in [0.3, 0.4) is 0 Å². The maximum Gasteiger partial charge on any atom is 0.269 e. The number of nitro benzene ring substituents is 1. The number of hydrogen-bond acceptors (Lipinski definition) is 5. The second kappa shape index (κ2) is 10.2. The number of nitriles is 1. The van der Waals surface area contributed by atoms with E-state index in [1.54, 1.807) is 18.2 Å². The van der Waals surface area contributed by atoms with E-state index in [4.69, 9.17) is 16.3 Å².